The number of halogens is 6. The van der Waals surface area contributed by atoms with Gasteiger partial charge in [-0.2, -0.15) is 26.3 Å². The first kappa shape index (κ1) is 13.2. The largest absolute Gasteiger partial charge is 0.420 e. The number of nitriles is 1. The van der Waals surface area contributed by atoms with Crippen molar-refractivity contribution in [2.45, 2.75) is 12.4 Å². The SMILES string of the molecule is N#COc1cc(C(F)(F)F)ccc1C(F)(F)F. The van der Waals surface area contributed by atoms with Crippen molar-refractivity contribution < 1.29 is 31.1 Å². The minimum Gasteiger partial charge on any atom is -0.387 e. The van der Waals surface area contributed by atoms with E-state index in [0.29, 0.717) is 0 Å². The third-order valence-electron chi connectivity index (χ3n) is 1.77. The molecule has 0 bridgehead atoms. The van der Waals surface area contributed by atoms with Gasteiger partial charge in [0.15, 0.2) is 5.75 Å². The molecule has 0 heterocycles. The van der Waals surface area contributed by atoms with Crippen LogP contribution in [-0.4, -0.2) is 0 Å². The van der Waals surface area contributed by atoms with Crippen molar-refractivity contribution in [3.8, 4) is 12.0 Å². The number of rotatable bonds is 1. The molecule has 0 saturated carbocycles. The van der Waals surface area contributed by atoms with Crippen molar-refractivity contribution in [3.05, 3.63) is 29.3 Å². The molecule has 8 heteroatoms. The molecule has 0 radical (unpaired) electrons. The van der Waals surface area contributed by atoms with Crippen molar-refractivity contribution in [1.29, 1.82) is 5.26 Å². The van der Waals surface area contributed by atoms with Crippen LogP contribution < -0.4 is 4.74 Å². The lowest BCUT2D eigenvalue weighted by Crippen LogP contribution is -2.10. The molecular weight excluding hydrogens is 252 g/mol. The average Bonchev–Trinajstić information content (AvgIpc) is 2.15. The van der Waals surface area contributed by atoms with Crippen LogP contribution in [0.4, 0.5) is 26.3 Å². The lowest BCUT2D eigenvalue weighted by atomic mass is 10.1. The van der Waals surface area contributed by atoms with Gasteiger partial charge in [-0.1, -0.05) is 0 Å². The highest BCUT2D eigenvalue weighted by atomic mass is 19.4. The summed E-state index contributed by atoms with van der Waals surface area (Å²) in [5.74, 6) is -1.17. The molecule has 0 saturated heterocycles. The van der Waals surface area contributed by atoms with Crippen molar-refractivity contribution in [2.75, 3.05) is 0 Å². The van der Waals surface area contributed by atoms with E-state index in [1.165, 1.54) is 0 Å². The second-order valence-corrected chi connectivity index (χ2v) is 2.90. The van der Waals surface area contributed by atoms with Crippen LogP contribution in [0.5, 0.6) is 5.75 Å². The highest BCUT2D eigenvalue weighted by Crippen LogP contribution is 2.39. The average molecular weight is 255 g/mol. The van der Waals surface area contributed by atoms with Crippen LogP contribution in [0.25, 0.3) is 0 Å². The summed E-state index contributed by atoms with van der Waals surface area (Å²) in [4.78, 5) is 0. The monoisotopic (exact) mass is 255 g/mol. The van der Waals surface area contributed by atoms with E-state index in [2.05, 4.69) is 4.74 Å². The van der Waals surface area contributed by atoms with Crippen LogP contribution in [0, 0.1) is 11.5 Å². The minimum absolute atomic E-state index is 0.131. The molecular formula is C9H3F6NO. The van der Waals surface area contributed by atoms with Crippen LogP contribution in [0.3, 0.4) is 0 Å². The molecule has 0 amide bonds. The summed E-state index contributed by atoms with van der Waals surface area (Å²) < 4.78 is 77.5. The quantitative estimate of drug-likeness (QED) is 0.567. The Morgan fingerprint density at radius 3 is 2.00 bits per heavy atom. The van der Waals surface area contributed by atoms with Gasteiger partial charge in [0.1, 0.15) is 0 Å². The fraction of sp³-hybridized carbons (Fsp3) is 0.222. The zero-order valence-corrected chi connectivity index (χ0v) is 7.86. The van der Waals surface area contributed by atoms with Gasteiger partial charge < -0.3 is 4.74 Å². The fourth-order valence-electron chi connectivity index (χ4n) is 1.07. The maximum Gasteiger partial charge on any atom is 0.420 e. The molecule has 0 fully saturated rings. The molecule has 0 aromatic heterocycles. The second kappa shape index (κ2) is 4.16. The summed E-state index contributed by atoms with van der Waals surface area (Å²) in [5.41, 5.74) is -2.76. The van der Waals surface area contributed by atoms with E-state index in [1.54, 1.807) is 0 Å². The van der Waals surface area contributed by atoms with Crippen LogP contribution in [0.2, 0.25) is 0 Å². The Balaban J connectivity index is 3.33. The molecule has 0 aliphatic carbocycles. The van der Waals surface area contributed by atoms with Crippen LogP contribution >= 0.6 is 0 Å². The van der Waals surface area contributed by atoms with Crippen molar-refractivity contribution >= 4 is 0 Å². The van der Waals surface area contributed by atoms with E-state index >= 15 is 0 Å². The van der Waals surface area contributed by atoms with E-state index < -0.39 is 29.2 Å². The predicted molar refractivity (Wildman–Crippen MR) is 42.7 cm³/mol. The van der Waals surface area contributed by atoms with Crippen LogP contribution in [0.15, 0.2) is 18.2 Å². The number of hydrogen-bond acceptors (Lipinski definition) is 2. The highest BCUT2D eigenvalue weighted by molar-refractivity contribution is 5.41. The van der Waals surface area contributed by atoms with E-state index in [-0.39, 0.29) is 18.2 Å². The van der Waals surface area contributed by atoms with Gasteiger partial charge in [0, 0.05) is 0 Å². The topological polar surface area (TPSA) is 33.0 Å². The Morgan fingerprint density at radius 1 is 1.00 bits per heavy atom. The first-order valence-electron chi connectivity index (χ1n) is 4.00. The van der Waals surface area contributed by atoms with Gasteiger partial charge in [-0.15, -0.1) is 5.26 Å². The minimum atomic E-state index is -4.89. The number of nitrogens with zero attached hydrogens (tertiary/aromatic N) is 1. The maximum absolute atomic E-state index is 12.3. The summed E-state index contributed by atoms with van der Waals surface area (Å²) in [6.07, 6.45) is -8.79. The molecule has 0 N–H and O–H groups in total. The number of hydrogen-bond donors (Lipinski definition) is 0. The van der Waals surface area contributed by atoms with Gasteiger partial charge in [-0.25, -0.2) is 0 Å². The predicted octanol–water partition coefficient (Wildman–Crippen LogP) is 3.58. The van der Waals surface area contributed by atoms with Crippen LogP contribution in [0.1, 0.15) is 11.1 Å². The number of benzene rings is 1. The van der Waals surface area contributed by atoms with Gasteiger partial charge in [0.2, 0.25) is 0 Å². The second-order valence-electron chi connectivity index (χ2n) is 2.90. The van der Waals surface area contributed by atoms with E-state index in [0.717, 1.165) is 6.26 Å². The molecule has 0 unspecified atom stereocenters. The van der Waals surface area contributed by atoms with Crippen molar-refractivity contribution in [2.24, 2.45) is 0 Å². The molecule has 1 aromatic carbocycles. The molecule has 0 aliphatic heterocycles. The number of ether oxygens (including phenoxy) is 1. The molecule has 92 valence electrons. The Kier molecular flexibility index (Phi) is 3.22. The molecule has 17 heavy (non-hydrogen) atoms. The summed E-state index contributed by atoms with van der Waals surface area (Å²) in [7, 11) is 0. The summed E-state index contributed by atoms with van der Waals surface area (Å²) in [5, 5.41) is 8.08. The first-order valence-corrected chi connectivity index (χ1v) is 4.00. The third-order valence-corrected chi connectivity index (χ3v) is 1.77. The zero-order chi connectivity index (χ0) is 13.3. The third kappa shape index (κ3) is 3.03. The Labute approximate surface area is 91.0 Å². The summed E-state index contributed by atoms with van der Waals surface area (Å²) in [6.45, 7) is 0. The van der Waals surface area contributed by atoms with Gasteiger partial charge in [-0.3, -0.25) is 0 Å². The Morgan fingerprint density at radius 2 is 1.59 bits per heavy atom. The van der Waals surface area contributed by atoms with Gasteiger partial charge in [0.05, 0.1) is 11.1 Å². The van der Waals surface area contributed by atoms with E-state index in [4.69, 9.17) is 5.26 Å². The van der Waals surface area contributed by atoms with Gasteiger partial charge >= 0.3 is 12.4 Å². The summed E-state index contributed by atoms with van der Waals surface area (Å²) >= 11 is 0. The molecule has 1 aromatic rings. The Bertz CT molecular complexity index is 456. The standard InChI is InChI=1S/C9H3F6NO/c10-8(11,12)5-1-2-6(9(13,14)15)7(3-5)17-4-16/h1-3H. The van der Waals surface area contributed by atoms with Gasteiger partial charge in [0.25, 0.3) is 6.26 Å². The molecule has 1 rings (SSSR count). The fourth-order valence-corrected chi connectivity index (χ4v) is 1.07. The van der Waals surface area contributed by atoms with E-state index in [1.807, 2.05) is 0 Å². The normalized spacial score (nSPS) is 12.1. The molecule has 2 nitrogen and oxygen atoms in total. The van der Waals surface area contributed by atoms with Crippen molar-refractivity contribution in [1.82, 2.24) is 0 Å². The zero-order valence-electron chi connectivity index (χ0n) is 7.86. The summed E-state index contributed by atoms with van der Waals surface area (Å²) in [6, 6.07) is 0.620. The van der Waals surface area contributed by atoms with Gasteiger partial charge in [-0.05, 0) is 18.2 Å². The smallest absolute Gasteiger partial charge is 0.387 e. The Hall–Kier alpha value is -1.91. The first-order chi connectivity index (χ1) is 7.66. The van der Waals surface area contributed by atoms with Crippen LogP contribution in [-0.2, 0) is 12.4 Å². The lowest BCUT2D eigenvalue weighted by molar-refractivity contribution is -0.142. The maximum atomic E-state index is 12.3. The molecule has 0 aliphatic rings. The van der Waals surface area contributed by atoms with E-state index in [9.17, 15) is 26.3 Å². The number of alkyl halides is 6. The lowest BCUT2D eigenvalue weighted by Gasteiger charge is -2.13. The molecule has 0 spiro atoms. The van der Waals surface area contributed by atoms with Crippen molar-refractivity contribution in [3.63, 3.8) is 0 Å². The highest BCUT2D eigenvalue weighted by Gasteiger charge is 2.38. The molecule has 0 atom stereocenters.